The van der Waals surface area contributed by atoms with Gasteiger partial charge in [0.25, 0.3) is 11.8 Å². The monoisotopic (exact) mass is 461 g/mol. The molecule has 0 fully saturated rings. The van der Waals surface area contributed by atoms with Crippen molar-refractivity contribution in [3.05, 3.63) is 126 Å². The highest BCUT2D eigenvalue weighted by Crippen LogP contribution is 2.27. The number of anilines is 1. The van der Waals surface area contributed by atoms with Crippen molar-refractivity contribution in [2.45, 2.75) is 0 Å². The largest absolute Gasteiger partial charge is 0.322 e. The average molecular weight is 461 g/mol. The lowest BCUT2D eigenvalue weighted by Gasteiger charge is -2.08. The number of nitrogens with one attached hydrogen (secondary N) is 2. The summed E-state index contributed by atoms with van der Waals surface area (Å²) in [5.74, 6) is -1.23. The van der Waals surface area contributed by atoms with Crippen molar-refractivity contribution in [2.24, 2.45) is 5.10 Å². The molecule has 35 heavy (non-hydrogen) atoms. The van der Waals surface area contributed by atoms with Crippen molar-refractivity contribution in [3.8, 4) is 0 Å². The van der Waals surface area contributed by atoms with Gasteiger partial charge in [-0.25, -0.2) is 9.82 Å². The zero-order valence-electron chi connectivity index (χ0n) is 18.5. The Morgan fingerprint density at radius 2 is 1.34 bits per heavy atom. The number of nitrogens with zero attached hydrogens (tertiary/aromatic N) is 1. The second-order valence-electron chi connectivity index (χ2n) is 7.97. The number of carbonyl (C=O) groups excluding carboxylic acids is 2. The van der Waals surface area contributed by atoms with E-state index in [0.29, 0.717) is 16.8 Å². The topological polar surface area (TPSA) is 70.6 Å². The predicted molar refractivity (Wildman–Crippen MR) is 137 cm³/mol. The van der Waals surface area contributed by atoms with Crippen LogP contribution in [0.15, 0.2) is 108 Å². The number of rotatable bonds is 5. The van der Waals surface area contributed by atoms with E-state index < -0.39 is 17.6 Å². The van der Waals surface area contributed by atoms with Crippen molar-refractivity contribution < 1.29 is 14.0 Å². The maximum Gasteiger partial charge on any atom is 0.271 e. The molecule has 6 heteroatoms. The summed E-state index contributed by atoms with van der Waals surface area (Å²) < 4.78 is 13.1. The van der Waals surface area contributed by atoms with Crippen molar-refractivity contribution in [3.63, 3.8) is 0 Å². The molecule has 2 amide bonds. The van der Waals surface area contributed by atoms with E-state index in [-0.39, 0.29) is 0 Å². The molecule has 5 aromatic rings. The van der Waals surface area contributed by atoms with Gasteiger partial charge in [0.2, 0.25) is 0 Å². The average Bonchev–Trinajstić information content (AvgIpc) is 2.88. The van der Waals surface area contributed by atoms with E-state index in [1.807, 2.05) is 48.5 Å². The molecule has 0 atom stereocenters. The van der Waals surface area contributed by atoms with Crippen molar-refractivity contribution >= 4 is 45.3 Å². The van der Waals surface area contributed by atoms with Gasteiger partial charge in [-0.05, 0) is 70.1 Å². The molecular weight excluding hydrogens is 441 g/mol. The highest BCUT2D eigenvalue weighted by atomic mass is 19.1. The predicted octanol–water partition coefficient (Wildman–Crippen LogP) is 6.15. The molecule has 0 aromatic heterocycles. The fourth-order valence-corrected chi connectivity index (χ4v) is 3.95. The molecule has 5 aromatic carbocycles. The standard InChI is InChI=1S/C29H20FN3O2/c30-23-14-12-19(13-15-23)28(34)32-24-9-5-8-22(17-24)29(35)33-31-18-27-25-10-3-1-6-20(25)16-21-7-2-4-11-26(21)27/h1-18H,(H,32,34)(H,33,35)/b31-18-. The van der Waals surface area contributed by atoms with Crippen LogP contribution in [0.3, 0.4) is 0 Å². The highest BCUT2D eigenvalue weighted by Gasteiger charge is 2.10. The molecule has 0 unspecified atom stereocenters. The number of amides is 2. The lowest BCUT2D eigenvalue weighted by molar-refractivity contribution is 0.0953. The third-order valence-electron chi connectivity index (χ3n) is 5.66. The summed E-state index contributed by atoms with van der Waals surface area (Å²) in [4.78, 5) is 25.1. The molecule has 0 bridgehead atoms. The Balaban J connectivity index is 1.34. The number of halogens is 1. The van der Waals surface area contributed by atoms with Crippen LogP contribution in [0.1, 0.15) is 26.3 Å². The van der Waals surface area contributed by atoms with Crippen LogP contribution in [0.4, 0.5) is 10.1 Å². The number of hydrogen-bond acceptors (Lipinski definition) is 3. The van der Waals surface area contributed by atoms with Crippen LogP contribution in [0.25, 0.3) is 21.5 Å². The van der Waals surface area contributed by atoms with Gasteiger partial charge in [0.15, 0.2) is 0 Å². The Kier molecular flexibility index (Phi) is 6.01. The summed E-state index contributed by atoms with van der Waals surface area (Å²) in [5, 5.41) is 11.2. The van der Waals surface area contributed by atoms with Crippen molar-refractivity contribution in [1.82, 2.24) is 5.43 Å². The molecule has 2 N–H and O–H groups in total. The second-order valence-corrected chi connectivity index (χ2v) is 7.97. The van der Waals surface area contributed by atoms with E-state index >= 15 is 0 Å². The van der Waals surface area contributed by atoms with Gasteiger partial charge >= 0.3 is 0 Å². The molecule has 0 aliphatic rings. The number of carbonyl (C=O) groups is 2. The molecule has 0 heterocycles. The Labute approximate surface area is 200 Å². The van der Waals surface area contributed by atoms with Crippen LogP contribution in [0, 0.1) is 5.82 Å². The molecule has 0 spiro atoms. The molecular formula is C29H20FN3O2. The molecule has 5 rings (SSSR count). The minimum absolute atomic E-state index is 0.313. The van der Waals surface area contributed by atoms with Gasteiger partial charge in [0, 0.05) is 22.4 Å². The quantitative estimate of drug-likeness (QED) is 0.187. The van der Waals surface area contributed by atoms with Crippen LogP contribution in [0.5, 0.6) is 0 Å². The highest BCUT2D eigenvalue weighted by molar-refractivity contribution is 6.13. The SMILES string of the molecule is O=C(N/N=C\c1c2ccccc2cc2ccccc12)c1cccc(NC(=O)c2ccc(F)cc2)c1. The van der Waals surface area contributed by atoms with Gasteiger partial charge < -0.3 is 5.32 Å². The number of hydrogen-bond donors (Lipinski definition) is 2. The van der Waals surface area contributed by atoms with E-state index in [1.165, 1.54) is 24.3 Å². The maximum atomic E-state index is 13.1. The van der Waals surface area contributed by atoms with Gasteiger partial charge in [-0.15, -0.1) is 0 Å². The second kappa shape index (κ2) is 9.57. The number of hydrazone groups is 1. The van der Waals surface area contributed by atoms with E-state index in [9.17, 15) is 14.0 Å². The van der Waals surface area contributed by atoms with E-state index in [4.69, 9.17) is 0 Å². The molecule has 0 saturated heterocycles. The first kappa shape index (κ1) is 22.0. The minimum Gasteiger partial charge on any atom is -0.322 e. The maximum absolute atomic E-state index is 13.1. The van der Waals surface area contributed by atoms with Gasteiger partial charge in [-0.1, -0.05) is 54.6 Å². The Bertz CT molecular complexity index is 1540. The zero-order chi connectivity index (χ0) is 24.2. The summed E-state index contributed by atoms with van der Waals surface area (Å²) in [6.07, 6.45) is 1.66. The molecule has 0 saturated carbocycles. The van der Waals surface area contributed by atoms with E-state index in [0.717, 1.165) is 27.1 Å². The Hall–Kier alpha value is -4.84. The number of benzene rings is 5. The summed E-state index contributed by atoms with van der Waals surface area (Å²) in [6.45, 7) is 0. The molecule has 170 valence electrons. The van der Waals surface area contributed by atoms with Gasteiger partial charge in [-0.2, -0.15) is 5.10 Å². The van der Waals surface area contributed by atoms with Crippen molar-refractivity contribution in [1.29, 1.82) is 0 Å². The smallest absolute Gasteiger partial charge is 0.271 e. The summed E-state index contributed by atoms with van der Waals surface area (Å²) in [7, 11) is 0. The minimum atomic E-state index is -0.419. The first-order valence-electron chi connectivity index (χ1n) is 11.0. The molecule has 0 aliphatic carbocycles. The lowest BCUT2D eigenvalue weighted by atomic mass is 9.97. The van der Waals surface area contributed by atoms with E-state index in [2.05, 4.69) is 21.9 Å². The first-order chi connectivity index (χ1) is 17.1. The first-order valence-corrected chi connectivity index (χ1v) is 11.0. The summed E-state index contributed by atoms with van der Waals surface area (Å²) in [6, 6.07) is 29.9. The van der Waals surface area contributed by atoms with Crippen molar-refractivity contribution in [2.75, 3.05) is 5.32 Å². The van der Waals surface area contributed by atoms with Gasteiger partial charge in [0.05, 0.1) is 6.21 Å². The number of fused-ring (bicyclic) bond motifs is 2. The lowest BCUT2D eigenvalue weighted by Crippen LogP contribution is -2.18. The third kappa shape index (κ3) is 4.77. The molecule has 0 radical (unpaired) electrons. The van der Waals surface area contributed by atoms with Gasteiger partial charge in [0.1, 0.15) is 5.82 Å². The summed E-state index contributed by atoms with van der Waals surface area (Å²) in [5.41, 5.74) is 4.58. The third-order valence-corrected chi connectivity index (χ3v) is 5.66. The van der Waals surface area contributed by atoms with Crippen LogP contribution < -0.4 is 10.7 Å². The van der Waals surface area contributed by atoms with Gasteiger partial charge in [-0.3, -0.25) is 9.59 Å². The fraction of sp³-hybridized carbons (Fsp3) is 0. The van der Waals surface area contributed by atoms with Crippen LogP contribution in [-0.4, -0.2) is 18.0 Å². The summed E-state index contributed by atoms with van der Waals surface area (Å²) >= 11 is 0. The van der Waals surface area contributed by atoms with E-state index in [1.54, 1.807) is 30.5 Å². The molecule has 5 nitrogen and oxygen atoms in total. The Morgan fingerprint density at radius 1 is 0.686 bits per heavy atom. The Morgan fingerprint density at radius 3 is 2.03 bits per heavy atom. The molecule has 0 aliphatic heterocycles. The normalized spacial score (nSPS) is 11.1. The fourth-order valence-electron chi connectivity index (χ4n) is 3.95. The van der Waals surface area contributed by atoms with Crippen LogP contribution in [0.2, 0.25) is 0 Å². The zero-order valence-corrected chi connectivity index (χ0v) is 18.5. The van der Waals surface area contributed by atoms with Crippen LogP contribution >= 0.6 is 0 Å². The van der Waals surface area contributed by atoms with Crippen LogP contribution in [-0.2, 0) is 0 Å².